The molecule has 0 fully saturated rings. The van der Waals surface area contributed by atoms with Crippen LogP contribution in [0, 0.1) is 0 Å². The molecule has 0 aliphatic heterocycles. The minimum atomic E-state index is 0.574. The number of benzene rings is 1. The van der Waals surface area contributed by atoms with Gasteiger partial charge in [0.25, 0.3) is 0 Å². The van der Waals surface area contributed by atoms with Gasteiger partial charge in [0.2, 0.25) is 0 Å². The Labute approximate surface area is 104 Å². The molecule has 0 spiro atoms. The first kappa shape index (κ1) is 11.7. The van der Waals surface area contributed by atoms with Crippen LogP contribution in [0.1, 0.15) is 12.2 Å². The average Bonchev–Trinajstić information content (AvgIpc) is 2.83. The monoisotopic (exact) mass is 251 g/mol. The third-order valence-electron chi connectivity index (χ3n) is 2.42. The standard InChI is InChI=1S/C11H14ClN5/c12-8-3-1-4-9(11(8)13)14-6-2-5-10-15-7-16-17-10/h1,3-4,7,14H,2,5-6,13H2,(H,15,16,17). The maximum absolute atomic E-state index is 5.92. The number of anilines is 2. The zero-order chi connectivity index (χ0) is 12.1. The summed E-state index contributed by atoms with van der Waals surface area (Å²) in [4.78, 5) is 4.05. The van der Waals surface area contributed by atoms with E-state index < -0.39 is 0 Å². The number of hydrogen-bond donors (Lipinski definition) is 3. The Hall–Kier alpha value is -1.75. The third-order valence-corrected chi connectivity index (χ3v) is 2.75. The van der Waals surface area contributed by atoms with Gasteiger partial charge in [-0.05, 0) is 18.6 Å². The highest BCUT2D eigenvalue weighted by Crippen LogP contribution is 2.26. The van der Waals surface area contributed by atoms with E-state index in [0.717, 1.165) is 30.9 Å². The topological polar surface area (TPSA) is 79.6 Å². The molecule has 4 N–H and O–H groups in total. The van der Waals surface area contributed by atoms with Crippen LogP contribution in [0.5, 0.6) is 0 Å². The Balaban J connectivity index is 1.80. The summed E-state index contributed by atoms with van der Waals surface area (Å²) in [5.41, 5.74) is 7.30. The van der Waals surface area contributed by atoms with Crippen LogP contribution >= 0.6 is 11.6 Å². The van der Waals surface area contributed by atoms with Crippen LogP contribution in [0.25, 0.3) is 0 Å². The van der Waals surface area contributed by atoms with Crippen LogP contribution in [0.2, 0.25) is 5.02 Å². The van der Waals surface area contributed by atoms with Crippen molar-refractivity contribution in [2.45, 2.75) is 12.8 Å². The molecule has 2 aromatic rings. The molecule has 0 saturated heterocycles. The minimum absolute atomic E-state index is 0.574. The summed E-state index contributed by atoms with van der Waals surface area (Å²) < 4.78 is 0. The summed E-state index contributed by atoms with van der Waals surface area (Å²) in [7, 11) is 0. The highest BCUT2D eigenvalue weighted by molar-refractivity contribution is 6.33. The lowest BCUT2D eigenvalue weighted by Crippen LogP contribution is -2.06. The predicted octanol–water partition coefficient (Wildman–Crippen LogP) is 2.08. The quantitative estimate of drug-likeness (QED) is 0.562. The minimum Gasteiger partial charge on any atom is -0.396 e. The lowest BCUT2D eigenvalue weighted by atomic mass is 10.2. The number of halogens is 1. The van der Waals surface area contributed by atoms with Crippen LogP contribution in [0.3, 0.4) is 0 Å². The van der Waals surface area contributed by atoms with Crippen molar-refractivity contribution < 1.29 is 0 Å². The Morgan fingerprint density at radius 1 is 1.41 bits per heavy atom. The molecule has 0 aliphatic carbocycles. The molecule has 6 heteroatoms. The van der Waals surface area contributed by atoms with E-state index in [-0.39, 0.29) is 0 Å². The summed E-state index contributed by atoms with van der Waals surface area (Å²) in [6, 6.07) is 5.56. The number of para-hydroxylation sites is 1. The van der Waals surface area contributed by atoms with Crippen molar-refractivity contribution >= 4 is 23.0 Å². The number of nitrogens with one attached hydrogen (secondary N) is 2. The van der Waals surface area contributed by atoms with Gasteiger partial charge in [-0.1, -0.05) is 17.7 Å². The number of rotatable bonds is 5. The molecule has 5 nitrogen and oxygen atoms in total. The van der Waals surface area contributed by atoms with Gasteiger partial charge >= 0.3 is 0 Å². The summed E-state index contributed by atoms with van der Waals surface area (Å²) in [5, 5.41) is 10.4. The van der Waals surface area contributed by atoms with Crippen molar-refractivity contribution in [1.29, 1.82) is 0 Å². The highest BCUT2D eigenvalue weighted by atomic mass is 35.5. The fraction of sp³-hybridized carbons (Fsp3) is 0.273. The molecule has 90 valence electrons. The molecule has 0 radical (unpaired) electrons. The second-order valence-electron chi connectivity index (χ2n) is 3.66. The van der Waals surface area contributed by atoms with Crippen LogP contribution in [0.4, 0.5) is 11.4 Å². The maximum Gasteiger partial charge on any atom is 0.137 e. The fourth-order valence-corrected chi connectivity index (χ4v) is 1.70. The summed E-state index contributed by atoms with van der Waals surface area (Å²) in [6.45, 7) is 0.811. The van der Waals surface area contributed by atoms with Crippen LogP contribution in [-0.2, 0) is 6.42 Å². The number of aromatic nitrogens is 3. The van der Waals surface area contributed by atoms with E-state index in [1.54, 1.807) is 6.07 Å². The number of nitrogens with zero attached hydrogens (tertiary/aromatic N) is 2. The van der Waals surface area contributed by atoms with E-state index in [9.17, 15) is 0 Å². The first-order chi connectivity index (χ1) is 8.27. The van der Waals surface area contributed by atoms with Crippen molar-refractivity contribution in [3.05, 3.63) is 35.4 Å². The zero-order valence-corrected chi connectivity index (χ0v) is 10.0. The van der Waals surface area contributed by atoms with Gasteiger partial charge in [0, 0.05) is 13.0 Å². The number of H-pyrrole nitrogens is 1. The number of nitrogens with two attached hydrogens (primary N) is 1. The Morgan fingerprint density at radius 2 is 2.29 bits per heavy atom. The highest BCUT2D eigenvalue weighted by Gasteiger charge is 2.02. The molecule has 0 bridgehead atoms. The lowest BCUT2D eigenvalue weighted by Gasteiger charge is -2.09. The molecule has 1 heterocycles. The Morgan fingerprint density at radius 3 is 3.06 bits per heavy atom. The van der Waals surface area contributed by atoms with Gasteiger partial charge in [-0.3, -0.25) is 5.10 Å². The number of aromatic amines is 1. The van der Waals surface area contributed by atoms with Crippen molar-refractivity contribution in [3.63, 3.8) is 0 Å². The van der Waals surface area contributed by atoms with E-state index in [0.29, 0.717) is 10.7 Å². The first-order valence-corrected chi connectivity index (χ1v) is 5.77. The third kappa shape index (κ3) is 3.10. The van der Waals surface area contributed by atoms with E-state index >= 15 is 0 Å². The largest absolute Gasteiger partial charge is 0.396 e. The molecule has 1 aromatic carbocycles. The number of nitrogen functional groups attached to an aromatic ring is 1. The second-order valence-corrected chi connectivity index (χ2v) is 4.07. The molecule has 1 aromatic heterocycles. The van der Waals surface area contributed by atoms with Crippen molar-refractivity contribution in [2.24, 2.45) is 0 Å². The predicted molar refractivity (Wildman–Crippen MR) is 69.1 cm³/mol. The first-order valence-electron chi connectivity index (χ1n) is 5.39. The second kappa shape index (κ2) is 5.54. The smallest absolute Gasteiger partial charge is 0.137 e. The summed E-state index contributed by atoms with van der Waals surface area (Å²) in [6.07, 6.45) is 3.31. The van der Waals surface area contributed by atoms with Crippen molar-refractivity contribution in [3.8, 4) is 0 Å². The molecule has 0 saturated carbocycles. The summed E-state index contributed by atoms with van der Waals surface area (Å²) in [5.74, 6) is 0.894. The van der Waals surface area contributed by atoms with Crippen LogP contribution in [0.15, 0.2) is 24.5 Å². The van der Waals surface area contributed by atoms with Crippen LogP contribution < -0.4 is 11.1 Å². The van der Waals surface area contributed by atoms with Crippen molar-refractivity contribution in [1.82, 2.24) is 15.2 Å². The molecule has 0 atom stereocenters. The van der Waals surface area contributed by atoms with E-state index in [2.05, 4.69) is 20.5 Å². The van der Waals surface area contributed by atoms with Gasteiger partial charge in [-0.25, -0.2) is 4.98 Å². The lowest BCUT2D eigenvalue weighted by molar-refractivity contribution is 0.806. The van der Waals surface area contributed by atoms with Crippen molar-refractivity contribution in [2.75, 3.05) is 17.6 Å². The zero-order valence-electron chi connectivity index (χ0n) is 9.28. The van der Waals surface area contributed by atoms with Crippen LogP contribution in [-0.4, -0.2) is 21.7 Å². The Kier molecular flexibility index (Phi) is 3.82. The molecular formula is C11H14ClN5. The average molecular weight is 252 g/mol. The molecule has 0 aliphatic rings. The molecule has 0 unspecified atom stereocenters. The molecular weight excluding hydrogens is 238 g/mol. The Bertz CT molecular complexity index is 469. The van der Waals surface area contributed by atoms with Gasteiger partial charge in [0.15, 0.2) is 0 Å². The molecule has 2 rings (SSSR count). The SMILES string of the molecule is Nc1c(Cl)cccc1NCCCc1ncn[nH]1. The molecule has 0 amide bonds. The number of hydrogen-bond acceptors (Lipinski definition) is 4. The van der Waals surface area contributed by atoms with Gasteiger partial charge in [0.1, 0.15) is 12.2 Å². The summed E-state index contributed by atoms with van der Waals surface area (Å²) >= 11 is 5.92. The number of aryl methyl sites for hydroxylation is 1. The van der Waals surface area contributed by atoms with E-state index in [4.69, 9.17) is 17.3 Å². The maximum atomic E-state index is 5.92. The molecule has 17 heavy (non-hydrogen) atoms. The van der Waals surface area contributed by atoms with E-state index in [1.807, 2.05) is 12.1 Å². The van der Waals surface area contributed by atoms with Gasteiger partial charge < -0.3 is 11.1 Å². The van der Waals surface area contributed by atoms with Gasteiger partial charge in [-0.2, -0.15) is 5.10 Å². The normalized spacial score (nSPS) is 10.4. The van der Waals surface area contributed by atoms with Gasteiger partial charge in [-0.15, -0.1) is 0 Å². The van der Waals surface area contributed by atoms with Gasteiger partial charge in [0.05, 0.1) is 16.4 Å². The van der Waals surface area contributed by atoms with E-state index in [1.165, 1.54) is 6.33 Å². The fourth-order valence-electron chi connectivity index (χ4n) is 1.52.